The maximum atomic E-state index is 10.5. The molecule has 0 aromatic heterocycles. The van der Waals surface area contributed by atoms with Crippen LogP contribution in [0.3, 0.4) is 0 Å². The first-order valence-electron chi connectivity index (χ1n) is 2.78. The number of hydrogen-bond acceptors (Lipinski definition) is 3. The molecule has 0 saturated heterocycles. The highest BCUT2D eigenvalue weighted by atomic mass is 16.2. The van der Waals surface area contributed by atoms with E-state index in [1.807, 2.05) is 0 Å². The van der Waals surface area contributed by atoms with Crippen molar-refractivity contribution in [3.8, 4) is 0 Å². The first kappa shape index (κ1) is 8.68. The number of allylic oxidation sites excluding steroid dienone is 1. The summed E-state index contributed by atoms with van der Waals surface area (Å²) in [6.45, 7) is 2.64. The molecule has 0 unspecified atom stereocenters. The maximum Gasteiger partial charge on any atom is 0.221 e. The lowest BCUT2D eigenvalue weighted by Gasteiger charge is -2.00. The molecule has 0 rings (SSSR count). The van der Waals surface area contributed by atoms with Crippen LogP contribution in [-0.2, 0) is 9.59 Å². The normalized spacial score (nSPS) is 10.8. The molecule has 0 aliphatic heterocycles. The summed E-state index contributed by atoms with van der Waals surface area (Å²) in [5.41, 5.74) is 5.16. The zero-order valence-electron chi connectivity index (χ0n) is 5.97. The van der Waals surface area contributed by atoms with Crippen LogP contribution in [0, 0.1) is 0 Å². The summed E-state index contributed by atoms with van der Waals surface area (Å²) in [7, 11) is 0. The molecule has 0 heterocycles. The summed E-state index contributed by atoms with van der Waals surface area (Å²) in [5.74, 6) is -0.551. The summed E-state index contributed by atoms with van der Waals surface area (Å²) in [4.78, 5) is 20.9. The molecule has 0 aliphatic rings. The Morgan fingerprint density at radius 1 is 1.40 bits per heavy atom. The lowest BCUT2D eigenvalue weighted by molar-refractivity contribution is -0.121. The van der Waals surface area contributed by atoms with Crippen LogP contribution in [0.2, 0.25) is 0 Å². The summed E-state index contributed by atoms with van der Waals surface area (Å²) >= 11 is 0. The van der Waals surface area contributed by atoms with E-state index in [1.165, 1.54) is 13.8 Å². The molecule has 56 valence electrons. The van der Waals surface area contributed by atoms with Gasteiger partial charge >= 0.3 is 0 Å². The van der Waals surface area contributed by atoms with E-state index in [2.05, 4.69) is 5.32 Å². The van der Waals surface area contributed by atoms with Crippen molar-refractivity contribution in [3.63, 3.8) is 0 Å². The van der Waals surface area contributed by atoms with Gasteiger partial charge in [0.05, 0.1) is 5.70 Å². The second-order valence-electron chi connectivity index (χ2n) is 1.82. The van der Waals surface area contributed by atoms with Crippen molar-refractivity contribution in [2.45, 2.75) is 13.8 Å². The van der Waals surface area contributed by atoms with Crippen molar-refractivity contribution in [2.75, 3.05) is 0 Å². The molecule has 0 aliphatic carbocycles. The highest BCUT2D eigenvalue weighted by Crippen LogP contribution is 1.86. The molecule has 3 N–H and O–H groups in total. The van der Waals surface area contributed by atoms with E-state index in [-0.39, 0.29) is 17.4 Å². The van der Waals surface area contributed by atoms with Crippen molar-refractivity contribution in [1.82, 2.24) is 5.32 Å². The molecule has 0 fully saturated rings. The van der Waals surface area contributed by atoms with Gasteiger partial charge in [0.25, 0.3) is 0 Å². The minimum absolute atomic E-state index is 0.132. The van der Waals surface area contributed by atoms with Crippen LogP contribution >= 0.6 is 0 Å². The lowest BCUT2D eigenvalue weighted by Crippen LogP contribution is -2.24. The van der Waals surface area contributed by atoms with Gasteiger partial charge in [-0.05, 0) is 0 Å². The van der Waals surface area contributed by atoms with Gasteiger partial charge in [-0.2, -0.15) is 0 Å². The standard InChI is InChI=1S/C6H10N2O2/c1-4(9)6(3-7)8-5(2)10/h3H,7H2,1-2H3,(H,8,10)/b6-3-. The topological polar surface area (TPSA) is 72.2 Å². The molecule has 0 aromatic carbocycles. The summed E-state index contributed by atoms with van der Waals surface area (Å²) < 4.78 is 0. The average Bonchev–Trinajstić information content (AvgIpc) is 1.81. The van der Waals surface area contributed by atoms with Crippen LogP contribution < -0.4 is 11.1 Å². The highest BCUT2D eigenvalue weighted by Gasteiger charge is 2.02. The number of carbonyl (C=O) groups is 2. The molecule has 0 aromatic rings. The summed E-state index contributed by atoms with van der Waals surface area (Å²) in [6.07, 6.45) is 1.07. The number of Topliss-reactive ketones (excluding diaryl/α,β-unsaturated/α-hetero) is 1. The molecule has 10 heavy (non-hydrogen) atoms. The molecule has 0 saturated carbocycles. The van der Waals surface area contributed by atoms with Gasteiger partial charge in [0.2, 0.25) is 5.91 Å². The van der Waals surface area contributed by atoms with Gasteiger partial charge in [0.1, 0.15) is 0 Å². The Balaban J connectivity index is 4.12. The Hall–Kier alpha value is -1.32. The molecule has 4 nitrogen and oxygen atoms in total. The molecule has 0 spiro atoms. The number of rotatable bonds is 2. The zero-order chi connectivity index (χ0) is 8.15. The third kappa shape index (κ3) is 2.86. The molecule has 0 radical (unpaired) electrons. The van der Waals surface area contributed by atoms with Crippen LogP contribution in [-0.4, -0.2) is 11.7 Å². The molecule has 1 amide bonds. The van der Waals surface area contributed by atoms with Crippen LogP contribution in [0.25, 0.3) is 0 Å². The fourth-order valence-corrected chi connectivity index (χ4v) is 0.437. The van der Waals surface area contributed by atoms with Gasteiger partial charge in [-0.1, -0.05) is 0 Å². The third-order valence-corrected chi connectivity index (χ3v) is 0.857. The van der Waals surface area contributed by atoms with Crippen molar-refractivity contribution in [1.29, 1.82) is 0 Å². The van der Waals surface area contributed by atoms with Crippen molar-refractivity contribution >= 4 is 11.7 Å². The first-order chi connectivity index (χ1) is 4.57. The van der Waals surface area contributed by atoms with E-state index in [9.17, 15) is 9.59 Å². The second kappa shape index (κ2) is 3.66. The number of hydrogen-bond donors (Lipinski definition) is 2. The predicted octanol–water partition coefficient (Wildman–Crippen LogP) is -0.488. The van der Waals surface area contributed by atoms with Gasteiger partial charge in [-0.25, -0.2) is 0 Å². The number of ketones is 1. The number of nitrogens with one attached hydrogen (secondary N) is 1. The number of nitrogens with two attached hydrogens (primary N) is 1. The zero-order valence-corrected chi connectivity index (χ0v) is 5.97. The molecule has 4 heteroatoms. The molecule has 0 bridgehead atoms. The molecular formula is C6H10N2O2. The van der Waals surface area contributed by atoms with Crippen molar-refractivity contribution < 1.29 is 9.59 Å². The van der Waals surface area contributed by atoms with Gasteiger partial charge in [0.15, 0.2) is 5.78 Å². The van der Waals surface area contributed by atoms with Crippen LogP contribution in [0.4, 0.5) is 0 Å². The van der Waals surface area contributed by atoms with Crippen LogP contribution in [0.5, 0.6) is 0 Å². The van der Waals surface area contributed by atoms with E-state index >= 15 is 0 Å². The molecule has 0 atom stereocenters. The third-order valence-electron chi connectivity index (χ3n) is 0.857. The number of carbonyl (C=O) groups excluding carboxylic acids is 2. The Bertz CT molecular complexity index is 184. The smallest absolute Gasteiger partial charge is 0.221 e. The van der Waals surface area contributed by atoms with Gasteiger partial charge in [0, 0.05) is 20.0 Å². The Labute approximate surface area is 59.1 Å². The SMILES string of the molecule is CC(=O)N/C(=C\N)C(C)=O. The fourth-order valence-electron chi connectivity index (χ4n) is 0.437. The van der Waals surface area contributed by atoms with E-state index in [0.29, 0.717) is 0 Å². The largest absolute Gasteiger partial charge is 0.403 e. The van der Waals surface area contributed by atoms with E-state index in [0.717, 1.165) is 6.20 Å². The summed E-state index contributed by atoms with van der Waals surface area (Å²) in [6, 6.07) is 0. The van der Waals surface area contributed by atoms with E-state index in [4.69, 9.17) is 5.73 Å². The minimum atomic E-state index is -0.299. The van der Waals surface area contributed by atoms with Crippen LogP contribution in [0.15, 0.2) is 11.9 Å². The molecular weight excluding hydrogens is 132 g/mol. The minimum Gasteiger partial charge on any atom is -0.403 e. The second-order valence-corrected chi connectivity index (χ2v) is 1.82. The maximum absolute atomic E-state index is 10.5. The Morgan fingerprint density at radius 3 is 2.00 bits per heavy atom. The first-order valence-corrected chi connectivity index (χ1v) is 2.78. The Morgan fingerprint density at radius 2 is 1.90 bits per heavy atom. The summed E-state index contributed by atoms with van der Waals surface area (Å²) in [5, 5.41) is 2.28. The van der Waals surface area contributed by atoms with E-state index < -0.39 is 0 Å². The highest BCUT2D eigenvalue weighted by molar-refractivity contribution is 5.96. The quantitative estimate of drug-likeness (QED) is 0.511. The van der Waals surface area contributed by atoms with Gasteiger partial charge in [-0.3, -0.25) is 9.59 Å². The van der Waals surface area contributed by atoms with Gasteiger partial charge in [-0.15, -0.1) is 0 Å². The predicted molar refractivity (Wildman–Crippen MR) is 36.8 cm³/mol. The number of amides is 1. The van der Waals surface area contributed by atoms with Crippen molar-refractivity contribution in [3.05, 3.63) is 11.9 Å². The van der Waals surface area contributed by atoms with Crippen molar-refractivity contribution in [2.24, 2.45) is 5.73 Å². The monoisotopic (exact) mass is 142 g/mol. The van der Waals surface area contributed by atoms with Crippen LogP contribution in [0.1, 0.15) is 13.8 Å². The van der Waals surface area contributed by atoms with Gasteiger partial charge < -0.3 is 11.1 Å². The lowest BCUT2D eigenvalue weighted by atomic mass is 10.3. The Kier molecular flexibility index (Phi) is 3.17. The fraction of sp³-hybridized carbons (Fsp3) is 0.333. The average molecular weight is 142 g/mol. The van der Waals surface area contributed by atoms with E-state index in [1.54, 1.807) is 0 Å².